The summed E-state index contributed by atoms with van der Waals surface area (Å²) in [5.41, 5.74) is 0.564. The molecule has 0 bridgehead atoms. The number of rotatable bonds is 3. The maximum absolute atomic E-state index is 12.6. The van der Waals surface area contributed by atoms with Crippen LogP contribution in [-0.2, 0) is 24.5 Å². The van der Waals surface area contributed by atoms with E-state index >= 15 is 0 Å². The van der Waals surface area contributed by atoms with Crippen molar-refractivity contribution in [3.8, 4) is 0 Å². The third kappa shape index (κ3) is 3.49. The Morgan fingerprint density at radius 1 is 0.760 bits per heavy atom. The van der Waals surface area contributed by atoms with E-state index in [1.165, 1.54) is 12.1 Å². The zero-order chi connectivity index (χ0) is 18.1. The van der Waals surface area contributed by atoms with Crippen LogP contribution in [0.2, 0.25) is 0 Å². The lowest BCUT2D eigenvalue weighted by atomic mass is 10.2. The van der Waals surface area contributed by atoms with E-state index in [0.717, 1.165) is 0 Å². The summed E-state index contributed by atoms with van der Waals surface area (Å²) in [6.45, 7) is 0. The zero-order valence-corrected chi connectivity index (χ0v) is 14.7. The van der Waals surface area contributed by atoms with E-state index in [9.17, 15) is 21.6 Å². The predicted molar refractivity (Wildman–Crippen MR) is 96.0 cm³/mol. The van der Waals surface area contributed by atoms with Crippen molar-refractivity contribution >= 4 is 36.2 Å². The van der Waals surface area contributed by atoms with Gasteiger partial charge in [0.25, 0.3) is 5.91 Å². The number of nitrogens with one attached hydrogen (secondary N) is 1. The Bertz CT molecular complexity index is 1040. The Morgan fingerprint density at radius 3 is 1.88 bits per heavy atom. The lowest BCUT2D eigenvalue weighted by molar-refractivity contribution is -0.112. The monoisotopic (exact) mass is 377 g/mol. The molecule has 0 aromatic heterocycles. The number of hydrogen-bond donors (Lipinski definition) is 1. The van der Waals surface area contributed by atoms with Gasteiger partial charge >= 0.3 is 0 Å². The standard InChI is InChI=1S/C17H15NO5S2/c19-17(18-14-9-5-2-6-10-14)16-15(13-7-3-1-4-8-13)24(20,21)11-12-25(16,22)23/h1-10H,11-12H2,(H,18,19). The third-order valence-electron chi connectivity index (χ3n) is 3.72. The van der Waals surface area contributed by atoms with Gasteiger partial charge in [0.05, 0.1) is 16.4 Å². The molecule has 1 aliphatic rings. The van der Waals surface area contributed by atoms with Crippen LogP contribution in [0.5, 0.6) is 0 Å². The average molecular weight is 377 g/mol. The van der Waals surface area contributed by atoms with Crippen LogP contribution in [0, 0.1) is 0 Å². The molecule has 0 aliphatic carbocycles. The van der Waals surface area contributed by atoms with Crippen LogP contribution in [0.15, 0.2) is 65.6 Å². The van der Waals surface area contributed by atoms with Gasteiger partial charge in [0.1, 0.15) is 0 Å². The second kappa shape index (κ2) is 6.45. The summed E-state index contributed by atoms with van der Waals surface area (Å²) in [7, 11) is -7.92. The van der Waals surface area contributed by atoms with Gasteiger partial charge in [0.2, 0.25) is 0 Å². The maximum Gasteiger partial charge on any atom is 0.268 e. The van der Waals surface area contributed by atoms with E-state index in [1.807, 2.05) is 0 Å². The molecule has 1 N–H and O–H groups in total. The molecule has 1 heterocycles. The molecule has 1 amide bonds. The summed E-state index contributed by atoms with van der Waals surface area (Å²) in [5.74, 6) is -2.10. The number of carbonyl (C=O) groups excluding carboxylic acids is 1. The molecule has 8 heteroatoms. The van der Waals surface area contributed by atoms with Crippen LogP contribution >= 0.6 is 0 Å². The minimum atomic E-state index is -4.02. The van der Waals surface area contributed by atoms with Crippen molar-refractivity contribution in [2.45, 2.75) is 0 Å². The summed E-state index contributed by atoms with van der Waals surface area (Å²) in [4.78, 5) is 11.5. The van der Waals surface area contributed by atoms with Crippen LogP contribution < -0.4 is 5.32 Å². The van der Waals surface area contributed by atoms with Gasteiger partial charge < -0.3 is 5.32 Å². The number of hydrogen-bond acceptors (Lipinski definition) is 5. The van der Waals surface area contributed by atoms with E-state index in [2.05, 4.69) is 5.32 Å². The van der Waals surface area contributed by atoms with Crippen molar-refractivity contribution in [3.05, 3.63) is 71.1 Å². The average Bonchev–Trinajstić information content (AvgIpc) is 2.58. The summed E-state index contributed by atoms with van der Waals surface area (Å²) in [5, 5.41) is 2.46. The predicted octanol–water partition coefficient (Wildman–Crippen LogP) is 1.84. The Morgan fingerprint density at radius 2 is 1.28 bits per heavy atom. The summed E-state index contributed by atoms with van der Waals surface area (Å²) < 4.78 is 50.1. The summed E-state index contributed by atoms with van der Waals surface area (Å²) in [6.07, 6.45) is 0. The lowest BCUT2D eigenvalue weighted by Crippen LogP contribution is -2.33. The van der Waals surface area contributed by atoms with E-state index in [-0.39, 0.29) is 5.56 Å². The molecule has 3 rings (SSSR count). The van der Waals surface area contributed by atoms with Crippen LogP contribution in [0.3, 0.4) is 0 Å². The molecular formula is C17H15NO5S2. The minimum Gasteiger partial charge on any atom is -0.321 e. The first-order valence-electron chi connectivity index (χ1n) is 7.43. The molecule has 0 spiro atoms. The van der Waals surface area contributed by atoms with Crippen LogP contribution in [0.25, 0.3) is 4.91 Å². The topological polar surface area (TPSA) is 97.4 Å². The molecular weight excluding hydrogens is 362 g/mol. The number of amides is 1. The number of benzene rings is 2. The van der Waals surface area contributed by atoms with E-state index in [4.69, 9.17) is 0 Å². The van der Waals surface area contributed by atoms with Gasteiger partial charge in [0.15, 0.2) is 24.6 Å². The van der Waals surface area contributed by atoms with Gasteiger partial charge in [-0.15, -0.1) is 0 Å². The molecule has 130 valence electrons. The highest BCUT2D eigenvalue weighted by Crippen LogP contribution is 2.33. The number of para-hydroxylation sites is 1. The van der Waals surface area contributed by atoms with Crippen LogP contribution in [0.1, 0.15) is 5.56 Å². The molecule has 2 aromatic carbocycles. The Balaban J connectivity index is 2.21. The lowest BCUT2D eigenvalue weighted by Gasteiger charge is -2.20. The molecule has 0 unspecified atom stereocenters. The van der Waals surface area contributed by atoms with Crippen molar-refractivity contribution in [1.82, 2.24) is 0 Å². The molecule has 0 saturated carbocycles. The number of anilines is 1. The molecule has 6 nitrogen and oxygen atoms in total. The highest BCUT2D eigenvalue weighted by molar-refractivity contribution is 8.06. The van der Waals surface area contributed by atoms with Gasteiger partial charge in [0, 0.05) is 5.69 Å². The number of sulfone groups is 2. The van der Waals surface area contributed by atoms with Gasteiger partial charge in [-0.25, -0.2) is 16.8 Å². The first kappa shape index (κ1) is 17.4. The zero-order valence-electron chi connectivity index (χ0n) is 13.0. The van der Waals surface area contributed by atoms with Crippen molar-refractivity contribution in [1.29, 1.82) is 0 Å². The van der Waals surface area contributed by atoms with E-state index in [1.54, 1.807) is 48.5 Å². The molecule has 0 atom stereocenters. The Labute approximate surface area is 146 Å². The summed E-state index contributed by atoms with van der Waals surface area (Å²) >= 11 is 0. The van der Waals surface area contributed by atoms with Crippen LogP contribution in [0.4, 0.5) is 5.69 Å². The fourth-order valence-electron chi connectivity index (χ4n) is 2.56. The minimum absolute atomic E-state index is 0.184. The maximum atomic E-state index is 12.6. The largest absolute Gasteiger partial charge is 0.321 e. The normalized spacial score (nSPS) is 18.6. The fourth-order valence-corrected chi connectivity index (χ4v) is 7.09. The molecule has 1 aliphatic heterocycles. The van der Waals surface area contributed by atoms with Gasteiger partial charge in [-0.05, 0) is 17.7 Å². The second-order valence-electron chi connectivity index (χ2n) is 5.48. The smallest absolute Gasteiger partial charge is 0.268 e. The summed E-state index contributed by atoms with van der Waals surface area (Å²) in [6, 6.07) is 16.1. The molecule has 25 heavy (non-hydrogen) atoms. The molecule has 2 aromatic rings. The van der Waals surface area contributed by atoms with Crippen LogP contribution in [-0.4, -0.2) is 34.2 Å². The highest BCUT2D eigenvalue weighted by Gasteiger charge is 2.40. The first-order valence-corrected chi connectivity index (χ1v) is 10.7. The number of carbonyl (C=O) groups is 1. The van der Waals surface area contributed by atoms with Crippen molar-refractivity contribution in [3.63, 3.8) is 0 Å². The fraction of sp³-hybridized carbons (Fsp3) is 0.118. The quantitative estimate of drug-likeness (QED) is 0.880. The first-order chi connectivity index (χ1) is 11.8. The Kier molecular flexibility index (Phi) is 4.49. The van der Waals surface area contributed by atoms with Gasteiger partial charge in [-0.3, -0.25) is 4.79 Å². The third-order valence-corrected chi connectivity index (χ3v) is 7.67. The van der Waals surface area contributed by atoms with E-state index < -0.39 is 46.9 Å². The van der Waals surface area contributed by atoms with Gasteiger partial charge in [-0.2, -0.15) is 0 Å². The molecule has 0 radical (unpaired) electrons. The molecule has 0 fully saturated rings. The molecule has 0 saturated heterocycles. The Hall–Kier alpha value is -2.45. The van der Waals surface area contributed by atoms with Crippen molar-refractivity contribution in [2.24, 2.45) is 0 Å². The van der Waals surface area contributed by atoms with E-state index in [0.29, 0.717) is 5.69 Å². The van der Waals surface area contributed by atoms with Crippen molar-refractivity contribution < 1.29 is 21.6 Å². The van der Waals surface area contributed by atoms with Crippen molar-refractivity contribution in [2.75, 3.05) is 16.8 Å². The van der Waals surface area contributed by atoms with Gasteiger partial charge in [-0.1, -0.05) is 48.5 Å². The SMILES string of the molecule is O=C(Nc1ccccc1)C1=C(c2ccccc2)S(=O)(=O)CCS1(=O)=O. The second-order valence-corrected chi connectivity index (χ2v) is 9.57. The highest BCUT2D eigenvalue weighted by atomic mass is 32.2.